The molecule has 0 saturated heterocycles. The Morgan fingerprint density at radius 2 is 1.86 bits per heavy atom. The number of nitrogens with zero attached hydrogens (tertiary/aromatic N) is 1. The number of rotatable bonds is 3. The second-order valence-corrected chi connectivity index (χ2v) is 7.52. The van der Waals surface area contributed by atoms with Crippen LogP contribution in [0.1, 0.15) is 5.56 Å². The molecule has 2 aromatic rings. The highest BCUT2D eigenvalue weighted by Crippen LogP contribution is 2.28. The lowest BCUT2D eigenvalue weighted by molar-refractivity contribution is 0.601. The first-order chi connectivity index (χ1) is 9.83. The molecule has 2 aromatic carbocycles. The fourth-order valence-electron chi connectivity index (χ4n) is 1.63. The molecule has 0 aromatic heterocycles. The summed E-state index contributed by atoms with van der Waals surface area (Å²) in [5.41, 5.74) is 6.47. The molecule has 0 heterocycles. The molecular formula is C13H9Br2N3O2S. The van der Waals surface area contributed by atoms with Gasteiger partial charge < -0.3 is 5.73 Å². The number of halogens is 2. The summed E-state index contributed by atoms with van der Waals surface area (Å²) in [5, 5.41) is 9.07. The maximum absolute atomic E-state index is 12.4. The van der Waals surface area contributed by atoms with Gasteiger partial charge in [-0.2, -0.15) is 5.26 Å². The van der Waals surface area contributed by atoms with Crippen molar-refractivity contribution in [3.05, 3.63) is 50.9 Å². The third-order valence-corrected chi connectivity index (χ3v) is 5.43. The van der Waals surface area contributed by atoms with Gasteiger partial charge in [-0.15, -0.1) is 0 Å². The predicted octanol–water partition coefficient (Wildman–Crippen LogP) is 3.47. The SMILES string of the molecule is N#Cc1cc(Br)ccc1NS(=O)(=O)c1ccc(N)cc1Br. The van der Waals surface area contributed by atoms with Gasteiger partial charge in [-0.05, 0) is 52.3 Å². The number of nitrogen functional groups attached to an aromatic ring is 1. The summed E-state index contributed by atoms with van der Waals surface area (Å²) in [6, 6.07) is 11.0. The number of nitrogens with one attached hydrogen (secondary N) is 1. The summed E-state index contributed by atoms with van der Waals surface area (Å²) in [5.74, 6) is 0. The van der Waals surface area contributed by atoms with Crippen molar-refractivity contribution in [3.8, 4) is 6.07 Å². The van der Waals surface area contributed by atoms with E-state index in [2.05, 4.69) is 36.6 Å². The topological polar surface area (TPSA) is 96.0 Å². The van der Waals surface area contributed by atoms with Crippen molar-refractivity contribution in [3.63, 3.8) is 0 Å². The molecule has 8 heteroatoms. The molecule has 0 aliphatic carbocycles. The minimum Gasteiger partial charge on any atom is -0.399 e. The van der Waals surface area contributed by atoms with Gasteiger partial charge in [-0.3, -0.25) is 4.72 Å². The lowest BCUT2D eigenvalue weighted by atomic mass is 10.2. The molecule has 3 N–H and O–H groups in total. The summed E-state index contributed by atoms with van der Waals surface area (Å²) in [6.07, 6.45) is 0. The maximum atomic E-state index is 12.4. The van der Waals surface area contributed by atoms with E-state index in [0.717, 1.165) is 0 Å². The van der Waals surface area contributed by atoms with E-state index in [1.54, 1.807) is 6.07 Å². The number of hydrogen-bond donors (Lipinski definition) is 2. The first-order valence-electron chi connectivity index (χ1n) is 5.61. The van der Waals surface area contributed by atoms with Crippen LogP contribution in [0.25, 0.3) is 0 Å². The Bertz CT molecular complexity index is 845. The van der Waals surface area contributed by atoms with Crippen molar-refractivity contribution in [2.24, 2.45) is 0 Å². The Morgan fingerprint density at radius 3 is 2.48 bits per heavy atom. The quantitative estimate of drug-likeness (QED) is 0.728. The summed E-state index contributed by atoms with van der Waals surface area (Å²) < 4.78 is 28.2. The molecule has 0 radical (unpaired) electrons. The van der Waals surface area contributed by atoms with E-state index in [0.29, 0.717) is 14.6 Å². The second-order valence-electron chi connectivity index (χ2n) is 4.10. The van der Waals surface area contributed by atoms with Gasteiger partial charge >= 0.3 is 0 Å². The van der Waals surface area contributed by atoms with Crippen LogP contribution in [-0.4, -0.2) is 8.42 Å². The Balaban J connectivity index is 2.45. The van der Waals surface area contributed by atoms with Gasteiger partial charge in [0, 0.05) is 14.6 Å². The Hall–Kier alpha value is -1.56. The van der Waals surface area contributed by atoms with Gasteiger partial charge in [0.25, 0.3) is 10.0 Å². The highest BCUT2D eigenvalue weighted by molar-refractivity contribution is 9.10. The average molecular weight is 431 g/mol. The van der Waals surface area contributed by atoms with Crippen LogP contribution in [0.15, 0.2) is 50.2 Å². The molecule has 0 spiro atoms. The summed E-state index contributed by atoms with van der Waals surface area (Å²) in [7, 11) is -3.83. The Kier molecular flexibility index (Phi) is 4.56. The number of hydrogen-bond acceptors (Lipinski definition) is 4. The molecule has 21 heavy (non-hydrogen) atoms. The van der Waals surface area contributed by atoms with Crippen LogP contribution in [-0.2, 0) is 10.0 Å². The standard InChI is InChI=1S/C13H9Br2N3O2S/c14-9-1-3-12(8(5-9)7-16)18-21(19,20)13-4-2-10(17)6-11(13)15/h1-6,18H,17H2. The zero-order valence-corrected chi connectivity index (χ0v) is 14.5. The number of nitriles is 1. The highest BCUT2D eigenvalue weighted by Gasteiger charge is 2.19. The van der Waals surface area contributed by atoms with Gasteiger partial charge in [-0.1, -0.05) is 15.9 Å². The minimum atomic E-state index is -3.83. The van der Waals surface area contributed by atoms with Crippen LogP contribution in [0.5, 0.6) is 0 Å². The average Bonchev–Trinajstić information content (AvgIpc) is 2.40. The molecule has 0 bridgehead atoms. The van der Waals surface area contributed by atoms with E-state index in [-0.39, 0.29) is 16.1 Å². The van der Waals surface area contributed by atoms with E-state index in [1.807, 2.05) is 6.07 Å². The largest absolute Gasteiger partial charge is 0.399 e. The summed E-state index contributed by atoms with van der Waals surface area (Å²) >= 11 is 6.40. The maximum Gasteiger partial charge on any atom is 0.263 e. The molecule has 0 aliphatic rings. The van der Waals surface area contributed by atoms with Crippen LogP contribution in [0.2, 0.25) is 0 Å². The fraction of sp³-hybridized carbons (Fsp3) is 0. The lowest BCUT2D eigenvalue weighted by Crippen LogP contribution is -2.14. The van der Waals surface area contributed by atoms with E-state index in [9.17, 15) is 8.42 Å². The van der Waals surface area contributed by atoms with Crippen molar-refractivity contribution < 1.29 is 8.42 Å². The summed E-state index contributed by atoms with van der Waals surface area (Å²) in [4.78, 5) is 0.0449. The number of anilines is 2. The molecule has 0 atom stereocenters. The van der Waals surface area contributed by atoms with E-state index in [1.165, 1.54) is 30.3 Å². The Morgan fingerprint density at radius 1 is 1.14 bits per heavy atom. The zero-order valence-electron chi connectivity index (χ0n) is 10.5. The molecule has 108 valence electrons. The highest BCUT2D eigenvalue weighted by atomic mass is 79.9. The smallest absolute Gasteiger partial charge is 0.263 e. The third kappa shape index (κ3) is 3.56. The molecule has 0 unspecified atom stereocenters. The lowest BCUT2D eigenvalue weighted by Gasteiger charge is -2.11. The van der Waals surface area contributed by atoms with Crippen molar-refractivity contribution >= 4 is 53.3 Å². The van der Waals surface area contributed by atoms with Gasteiger partial charge in [0.1, 0.15) is 11.0 Å². The van der Waals surface area contributed by atoms with Crippen LogP contribution in [0.3, 0.4) is 0 Å². The van der Waals surface area contributed by atoms with Crippen molar-refractivity contribution in [2.45, 2.75) is 4.90 Å². The number of sulfonamides is 1. The summed E-state index contributed by atoms with van der Waals surface area (Å²) in [6.45, 7) is 0. The monoisotopic (exact) mass is 429 g/mol. The molecule has 2 rings (SSSR count). The third-order valence-electron chi connectivity index (χ3n) is 2.59. The van der Waals surface area contributed by atoms with E-state index in [4.69, 9.17) is 11.0 Å². The van der Waals surface area contributed by atoms with Gasteiger partial charge in [0.05, 0.1) is 11.3 Å². The first kappa shape index (κ1) is 15.8. The molecule has 0 saturated carbocycles. The van der Waals surface area contributed by atoms with E-state index < -0.39 is 10.0 Å². The predicted molar refractivity (Wildman–Crippen MR) is 88.2 cm³/mol. The molecular weight excluding hydrogens is 422 g/mol. The van der Waals surface area contributed by atoms with Gasteiger partial charge in [0.15, 0.2) is 0 Å². The molecule has 5 nitrogen and oxygen atoms in total. The van der Waals surface area contributed by atoms with Crippen molar-refractivity contribution in [2.75, 3.05) is 10.5 Å². The normalized spacial score (nSPS) is 10.9. The first-order valence-corrected chi connectivity index (χ1v) is 8.68. The zero-order chi connectivity index (χ0) is 15.6. The van der Waals surface area contributed by atoms with Crippen LogP contribution < -0.4 is 10.5 Å². The fourth-order valence-corrected chi connectivity index (χ4v) is 4.17. The van der Waals surface area contributed by atoms with Crippen molar-refractivity contribution in [1.82, 2.24) is 0 Å². The minimum absolute atomic E-state index is 0.0449. The van der Waals surface area contributed by atoms with Crippen LogP contribution in [0.4, 0.5) is 11.4 Å². The van der Waals surface area contributed by atoms with Crippen LogP contribution >= 0.6 is 31.9 Å². The van der Waals surface area contributed by atoms with E-state index >= 15 is 0 Å². The van der Waals surface area contributed by atoms with Crippen molar-refractivity contribution in [1.29, 1.82) is 5.26 Å². The van der Waals surface area contributed by atoms with Crippen LogP contribution in [0, 0.1) is 11.3 Å². The Labute approximate surface area is 139 Å². The molecule has 0 aliphatic heterocycles. The number of benzene rings is 2. The molecule has 0 amide bonds. The number of nitrogens with two attached hydrogens (primary N) is 1. The second kappa shape index (κ2) is 6.05. The van der Waals surface area contributed by atoms with Gasteiger partial charge in [-0.25, -0.2) is 8.42 Å². The molecule has 0 fully saturated rings. The van der Waals surface area contributed by atoms with Gasteiger partial charge in [0.2, 0.25) is 0 Å².